The van der Waals surface area contributed by atoms with E-state index in [2.05, 4.69) is 15.9 Å². The van der Waals surface area contributed by atoms with E-state index in [4.69, 9.17) is 10.00 Å². The third-order valence-corrected chi connectivity index (χ3v) is 1.98. The lowest BCUT2D eigenvalue weighted by Crippen LogP contribution is -1.89. The van der Waals surface area contributed by atoms with Crippen molar-refractivity contribution in [1.82, 2.24) is 0 Å². The first-order valence-electron chi connectivity index (χ1n) is 5.12. The molecule has 0 atom stereocenters. The fourth-order valence-electron chi connectivity index (χ4n) is 0.771. The topological polar surface area (TPSA) is 33.0 Å². The molecule has 16 heavy (non-hydrogen) atoms. The van der Waals surface area contributed by atoms with Gasteiger partial charge in [0.15, 0.2) is 0 Å². The molecular weight excluding hydrogens is 273 g/mol. The van der Waals surface area contributed by atoms with Crippen molar-refractivity contribution in [2.45, 2.75) is 27.7 Å². The Hall–Kier alpha value is -1.08. The molecule has 0 aliphatic heterocycles. The predicted octanol–water partition coefficient (Wildman–Crippen LogP) is 4.52. The van der Waals surface area contributed by atoms with Gasteiger partial charge in [-0.15, -0.1) is 0 Å². The number of halogens is 2. The van der Waals surface area contributed by atoms with Crippen LogP contribution in [-0.4, -0.2) is 7.11 Å². The molecular formula is C12H17BrFNO. The second-order valence-electron chi connectivity index (χ2n) is 2.08. The molecule has 0 heterocycles. The third-order valence-electron chi connectivity index (χ3n) is 1.36. The van der Waals surface area contributed by atoms with E-state index < -0.39 is 5.82 Å². The summed E-state index contributed by atoms with van der Waals surface area (Å²) in [7, 11) is 1.46. The van der Waals surface area contributed by atoms with Gasteiger partial charge in [-0.25, -0.2) is 4.39 Å². The van der Waals surface area contributed by atoms with E-state index in [1.807, 2.05) is 27.7 Å². The van der Waals surface area contributed by atoms with Crippen LogP contribution in [0.25, 0.3) is 0 Å². The molecule has 0 radical (unpaired) electrons. The predicted molar refractivity (Wildman–Crippen MR) is 68.1 cm³/mol. The van der Waals surface area contributed by atoms with Gasteiger partial charge in [-0.2, -0.15) is 5.26 Å². The van der Waals surface area contributed by atoms with Crippen LogP contribution in [0, 0.1) is 17.1 Å². The molecule has 1 aromatic carbocycles. The van der Waals surface area contributed by atoms with E-state index in [9.17, 15) is 4.39 Å². The Morgan fingerprint density at radius 1 is 1.25 bits per heavy atom. The van der Waals surface area contributed by atoms with Gasteiger partial charge in [0, 0.05) is 6.07 Å². The molecule has 0 aliphatic rings. The fourth-order valence-corrected chi connectivity index (χ4v) is 1.25. The summed E-state index contributed by atoms with van der Waals surface area (Å²) < 4.78 is 18.2. The Balaban J connectivity index is 0. The summed E-state index contributed by atoms with van der Waals surface area (Å²) in [5, 5.41) is 8.47. The highest BCUT2D eigenvalue weighted by molar-refractivity contribution is 9.10. The van der Waals surface area contributed by atoms with Crippen molar-refractivity contribution in [3.63, 3.8) is 0 Å². The van der Waals surface area contributed by atoms with Crippen molar-refractivity contribution in [2.75, 3.05) is 7.11 Å². The maximum absolute atomic E-state index is 12.9. The summed E-state index contributed by atoms with van der Waals surface area (Å²) in [5.74, 6) is -0.0990. The lowest BCUT2D eigenvalue weighted by atomic mass is 10.2. The summed E-state index contributed by atoms with van der Waals surface area (Å²) in [4.78, 5) is 0. The van der Waals surface area contributed by atoms with Crippen LogP contribution in [0.15, 0.2) is 16.6 Å². The SMILES string of the molecule is CC.CC.COc1cc(C#N)c(F)cc1Br. The summed E-state index contributed by atoms with van der Waals surface area (Å²) >= 11 is 3.10. The van der Waals surface area contributed by atoms with E-state index in [1.165, 1.54) is 19.2 Å². The zero-order valence-corrected chi connectivity index (χ0v) is 11.9. The van der Waals surface area contributed by atoms with E-state index in [0.29, 0.717) is 10.2 Å². The van der Waals surface area contributed by atoms with Crippen molar-refractivity contribution in [3.8, 4) is 11.8 Å². The van der Waals surface area contributed by atoms with Crippen LogP contribution in [0.1, 0.15) is 33.3 Å². The Kier molecular flexibility index (Phi) is 11.3. The number of benzene rings is 1. The van der Waals surface area contributed by atoms with Gasteiger partial charge >= 0.3 is 0 Å². The number of rotatable bonds is 1. The molecule has 0 amide bonds. The molecule has 0 saturated carbocycles. The summed E-state index contributed by atoms with van der Waals surface area (Å²) in [6.45, 7) is 8.00. The lowest BCUT2D eigenvalue weighted by molar-refractivity contribution is 0.410. The summed E-state index contributed by atoms with van der Waals surface area (Å²) in [6.07, 6.45) is 0. The number of methoxy groups -OCH3 is 1. The highest BCUT2D eigenvalue weighted by Crippen LogP contribution is 2.27. The van der Waals surface area contributed by atoms with Crippen LogP contribution >= 0.6 is 15.9 Å². The number of hydrogen-bond acceptors (Lipinski definition) is 2. The first kappa shape index (κ1) is 17.3. The van der Waals surface area contributed by atoms with E-state index >= 15 is 0 Å². The Labute approximate surface area is 105 Å². The van der Waals surface area contributed by atoms with Crippen LogP contribution in [0.2, 0.25) is 0 Å². The zero-order chi connectivity index (χ0) is 13.1. The molecule has 0 N–H and O–H groups in total. The van der Waals surface area contributed by atoms with Crippen molar-refractivity contribution in [3.05, 3.63) is 28.0 Å². The van der Waals surface area contributed by atoms with Crippen molar-refractivity contribution >= 4 is 15.9 Å². The van der Waals surface area contributed by atoms with Crippen LogP contribution < -0.4 is 4.74 Å². The van der Waals surface area contributed by atoms with Gasteiger partial charge in [-0.1, -0.05) is 27.7 Å². The zero-order valence-electron chi connectivity index (χ0n) is 10.3. The van der Waals surface area contributed by atoms with E-state index in [0.717, 1.165) is 0 Å². The number of nitrogens with zero attached hydrogens (tertiary/aromatic N) is 1. The Bertz CT molecular complexity index is 348. The van der Waals surface area contributed by atoms with Gasteiger partial charge in [0.1, 0.15) is 17.6 Å². The van der Waals surface area contributed by atoms with Gasteiger partial charge < -0.3 is 4.74 Å². The third kappa shape index (κ3) is 5.13. The minimum absolute atomic E-state index is 0.0185. The molecule has 0 unspecified atom stereocenters. The van der Waals surface area contributed by atoms with Crippen LogP contribution in [-0.2, 0) is 0 Å². The molecule has 0 aromatic heterocycles. The van der Waals surface area contributed by atoms with E-state index in [-0.39, 0.29) is 5.56 Å². The highest BCUT2D eigenvalue weighted by Gasteiger charge is 2.07. The van der Waals surface area contributed by atoms with Crippen molar-refractivity contribution < 1.29 is 9.13 Å². The minimum Gasteiger partial charge on any atom is -0.496 e. The number of ether oxygens (including phenoxy) is 1. The van der Waals surface area contributed by atoms with Crippen molar-refractivity contribution in [1.29, 1.82) is 5.26 Å². The Morgan fingerprint density at radius 3 is 2.12 bits per heavy atom. The van der Waals surface area contributed by atoms with Gasteiger partial charge in [0.25, 0.3) is 0 Å². The first-order valence-corrected chi connectivity index (χ1v) is 5.91. The molecule has 0 aliphatic carbocycles. The van der Waals surface area contributed by atoms with Gasteiger partial charge in [0.05, 0.1) is 17.1 Å². The monoisotopic (exact) mass is 289 g/mol. The van der Waals surface area contributed by atoms with Gasteiger partial charge in [0.2, 0.25) is 0 Å². The molecule has 0 saturated heterocycles. The van der Waals surface area contributed by atoms with Gasteiger partial charge in [-0.05, 0) is 22.0 Å². The molecule has 2 nitrogen and oxygen atoms in total. The average molecular weight is 290 g/mol. The molecule has 0 spiro atoms. The summed E-state index contributed by atoms with van der Waals surface area (Å²) in [6, 6.07) is 4.27. The molecule has 4 heteroatoms. The summed E-state index contributed by atoms with van der Waals surface area (Å²) in [5.41, 5.74) is -0.0185. The number of nitriles is 1. The average Bonchev–Trinajstić information content (AvgIpc) is 2.34. The van der Waals surface area contributed by atoms with Gasteiger partial charge in [-0.3, -0.25) is 0 Å². The minimum atomic E-state index is -0.551. The fraction of sp³-hybridized carbons (Fsp3) is 0.417. The quantitative estimate of drug-likeness (QED) is 0.761. The maximum atomic E-state index is 12.9. The Morgan fingerprint density at radius 2 is 1.75 bits per heavy atom. The van der Waals surface area contributed by atoms with Crippen LogP contribution in [0.5, 0.6) is 5.75 Å². The number of hydrogen-bond donors (Lipinski definition) is 0. The van der Waals surface area contributed by atoms with E-state index in [1.54, 1.807) is 6.07 Å². The molecule has 1 rings (SSSR count). The maximum Gasteiger partial charge on any atom is 0.142 e. The van der Waals surface area contributed by atoms with Crippen LogP contribution in [0.3, 0.4) is 0 Å². The molecule has 0 bridgehead atoms. The second-order valence-corrected chi connectivity index (χ2v) is 2.93. The lowest BCUT2D eigenvalue weighted by Gasteiger charge is -2.02. The first-order chi connectivity index (χ1) is 7.69. The van der Waals surface area contributed by atoms with Crippen LogP contribution in [0.4, 0.5) is 4.39 Å². The molecule has 90 valence electrons. The smallest absolute Gasteiger partial charge is 0.142 e. The van der Waals surface area contributed by atoms with Crippen molar-refractivity contribution in [2.24, 2.45) is 0 Å². The second kappa shape index (κ2) is 10.4. The molecule has 0 fully saturated rings. The highest BCUT2D eigenvalue weighted by atomic mass is 79.9. The normalized spacial score (nSPS) is 7.62. The largest absolute Gasteiger partial charge is 0.496 e. The standard InChI is InChI=1S/C8H5BrFNO.2C2H6/c1-12-8-2-5(4-11)7(10)3-6(8)9;2*1-2/h2-3H,1H3;2*1-2H3. The molecule has 1 aromatic rings.